The number of nitrogens with one attached hydrogen (secondary N) is 1. The molecule has 0 saturated heterocycles. The SMILES string of the molecule is Cc1ccc(-c2ccc(SCC(=O)Nc3cccc(Cl)c3C)nn2)cc1C. The summed E-state index contributed by atoms with van der Waals surface area (Å²) < 4.78 is 0. The van der Waals surface area contributed by atoms with Gasteiger partial charge in [-0.2, -0.15) is 0 Å². The van der Waals surface area contributed by atoms with Crippen LogP contribution in [-0.2, 0) is 4.79 Å². The molecule has 4 nitrogen and oxygen atoms in total. The summed E-state index contributed by atoms with van der Waals surface area (Å²) in [6, 6.07) is 15.5. The van der Waals surface area contributed by atoms with Gasteiger partial charge < -0.3 is 5.32 Å². The number of hydrogen-bond donors (Lipinski definition) is 1. The molecule has 27 heavy (non-hydrogen) atoms. The number of carbonyl (C=O) groups is 1. The number of anilines is 1. The first-order chi connectivity index (χ1) is 12.9. The molecule has 0 aliphatic carbocycles. The first-order valence-corrected chi connectivity index (χ1v) is 9.89. The van der Waals surface area contributed by atoms with E-state index in [1.165, 1.54) is 22.9 Å². The van der Waals surface area contributed by atoms with E-state index in [0.29, 0.717) is 10.0 Å². The lowest BCUT2D eigenvalue weighted by Gasteiger charge is -2.09. The molecule has 1 heterocycles. The maximum Gasteiger partial charge on any atom is 0.234 e. The quantitative estimate of drug-likeness (QED) is 0.581. The molecule has 3 rings (SSSR count). The molecule has 0 unspecified atom stereocenters. The van der Waals surface area contributed by atoms with Gasteiger partial charge in [-0.3, -0.25) is 4.79 Å². The second kappa shape index (κ2) is 8.55. The fraction of sp³-hybridized carbons (Fsp3) is 0.190. The highest BCUT2D eigenvalue weighted by atomic mass is 35.5. The molecule has 0 fully saturated rings. The maximum atomic E-state index is 12.2. The van der Waals surface area contributed by atoms with E-state index >= 15 is 0 Å². The molecule has 1 aromatic heterocycles. The molecule has 6 heteroatoms. The van der Waals surface area contributed by atoms with Gasteiger partial charge in [0.1, 0.15) is 5.03 Å². The van der Waals surface area contributed by atoms with Crippen molar-refractivity contribution >= 4 is 35.0 Å². The van der Waals surface area contributed by atoms with E-state index in [0.717, 1.165) is 22.5 Å². The molecule has 0 radical (unpaired) electrons. The van der Waals surface area contributed by atoms with Crippen molar-refractivity contribution < 1.29 is 4.79 Å². The third kappa shape index (κ3) is 4.87. The fourth-order valence-corrected chi connectivity index (χ4v) is 3.31. The molecule has 0 bridgehead atoms. The van der Waals surface area contributed by atoms with Crippen LogP contribution in [0.1, 0.15) is 16.7 Å². The standard InChI is InChI=1S/C21H20ClN3OS/c1-13-7-8-16(11-14(13)2)19-9-10-21(25-24-19)27-12-20(26)23-18-6-4-5-17(22)15(18)3/h4-11H,12H2,1-3H3,(H,23,26). The Morgan fingerprint density at radius 2 is 1.85 bits per heavy atom. The Balaban J connectivity index is 1.60. The summed E-state index contributed by atoms with van der Waals surface area (Å²) in [6.45, 7) is 6.04. The van der Waals surface area contributed by atoms with E-state index in [4.69, 9.17) is 11.6 Å². The number of benzene rings is 2. The second-order valence-corrected chi connectivity index (χ2v) is 7.71. The molecule has 0 aliphatic heterocycles. The van der Waals surface area contributed by atoms with Crippen LogP contribution in [0, 0.1) is 20.8 Å². The summed E-state index contributed by atoms with van der Waals surface area (Å²) in [6.07, 6.45) is 0. The molecular formula is C21H20ClN3OS. The predicted octanol–water partition coefficient (Wildman–Crippen LogP) is 5.45. The van der Waals surface area contributed by atoms with E-state index in [9.17, 15) is 4.79 Å². The lowest BCUT2D eigenvalue weighted by Crippen LogP contribution is -2.15. The summed E-state index contributed by atoms with van der Waals surface area (Å²) >= 11 is 7.43. The van der Waals surface area contributed by atoms with E-state index in [1.54, 1.807) is 6.07 Å². The fourth-order valence-electron chi connectivity index (χ4n) is 2.52. The van der Waals surface area contributed by atoms with E-state index in [1.807, 2.05) is 37.3 Å². The van der Waals surface area contributed by atoms with Crippen LogP contribution in [0.4, 0.5) is 5.69 Å². The minimum atomic E-state index is -0.106. The van der Waals surface area contributed by atoms with Crippen molar-refractivity contribution in [3.05, 3.63) is 70.2 Å². The van der Waals surface area contributed by atoms with Crippen LogP contribution in [-0.4, -0.2) is 21.9 Å². The highest BCUT2D eigenvalue weighted by Crippen LogP contribution is 2.24. The Morgan fingerprint density at radius 3 is 2.56 bits per heavy atom. The highest BCUT2D eigenvalue weighted by molar-refractivity contribution is 7.99. The number of amides is 1. The van der Waals surface area contributed by atoms with Gasteiger partial charge in [0, 0.05) is 16.3 Å². The third-order valence-corrected chi connectivity index (χ3v) is 5.67. The van der Waals surface area contributed by atoms with Gasteiger partial charge in [0.05, 0.1) is 11.4 Å². The number of carbonyl (C=O) groups excluding carboxylic acids is 1. The number of halogens is 1. The molecule has 1 amide bonds. The summed E-state index contributed by atoms with van der Waals surface area (Å²) in [7, 11) is 0. The van der Waals surface area contributed by atoms with Crippen LogP contribution in [0.2, 0.25) is 5.02 Å². The number of aryl methyl sites for hydroxylation is 2. The Labute approximate surface area is 168 Å². The Bertz CT molecular complexity index is 974. The molecule has 0 saturated carbocycles. The first kappa shape index (κ1) is 19.4. The maximum absolute atomic E-state index is 12.2. The average Bonchev–Trinajstić information content (AvgIpc) is 2.66. The van der Waals surface area contributed by atoms with E-state index in [2.05, 4.69) is 41.5 Å². The summed E-state index contributed by atoms with van der Waals surface area (Å²) in [5.41, 5.74) is 5.91. The smallest absolute Gasteiger partial charge is 0.234 e. The van der Waals surface area contributed by atoms with Crippen molar-refractivity contribution in [1.29, 1.82) is 0 Å². The lowest BCUT2D eigenvalue weighted by atomic mass is 10.0. The molecular weight excluding hydrogens is 378 g/mol. The van der Waals surface area contributed by atoms with Gasteiger partial charge >= 0.3 is 0 Å². The van der Waals surface area contributed by atoms with E-state index < -0.39 is 0 Å². The van der Waals surface area contributed by atoms with Crippen molar-refractivity contribution in [3.63, 3.8) is 0 Å². The minimum absolute atomic E-state index is 0.106. The second-order valence-electron chi connectivity index (χ2n) is 6.31. The molecule has 0 aliphatic rings. The Morgan fingerprint density at radius 1 is 1.04 bits per heavy atom. The zero-order valence-corrected chi connectivity index (χ0v) is 17.0. The molecule has 138 valence electrons. The van der Waals surface area contributed by atoms with Gasteiger partial charge in [-0.15, -0.1) is 10.2 Å². The van der Waals surface area contributed by atoms with Crippen molar-refractivity contribution in [2.75, 3.05) is 11.1 Å². The zero-order valence-electron chi connectivity index (χ0n) is 15.4. The van der Waals surface area contributed by atoms with E-state index in [-0.39, 0.29) is 11.7 Å². The van der Waals surface area contributed by atoms with Crippen molar-refractivity contribution in [1.82, 2.24) is 10.2 Å². The Kier molecular flexibility index (Phi) is 6.14. The van der Waals surface area contributed by atoms with Crippen LogP contribution < -0.4 is 5.32 Å². The van der Waals surface area contributed by atoms with Gasteiger partial charge in [0.2, 0.25) is 5.91 Å². The number of rotatable bonds is 5. The minimum Gasteiger partial charge on any atom is -0.325 e. The van der Waals surface area contributed by atoms with Crippen LogP contribution in [0.3, 0.4) is 0 Å². The molecule has 2 aromatic carbocycles. The number of nitrogens with zero attached hydrogens (tertiary/aromatic N) is 2. The first-order valence-electron chi connectivity index (χ1n) is 8.53. The summed E-state index contributed by atoms with van der Waals surface area (Å²) in [5, 5.41) is 12.7. The van der Waals surface area contributed by atoms with Gasteiger partial charge in [-0.1, -0.05) is 41.6 Å². The summed E-state index contributed by atoms with van der Waals surface area (Å²) in [4.78, 5) is 12.2. The van der Waals surface area contributed by atoms with Crippen LogP contribution in [0.5, 0.6) is 0 Å². The topological polar surface area (TPSA) is 54.9 Å². The third-order valence-electron chi connectivity index (χ3n) is 4.34. The van der Waals surface area contributed by atoms with Crippen LogP contribution in [0.15, 0.2) is 53.6 Å². The average molecular weight is 398 g/mol. The van der Waals surface area contributed by atoms with Gasteiger partial charge in [0.25, 0.3) is 0 Å². The number of thioether (sulfide) groups is 1. The van der Waals surface area contributed by atoms with Crippen molar-refractivity contribution in [2.24, 2.45) is 0 Å². The highest BCUT2D eigenvalue weighted by Gasteiger charge is 2.09. The monoisotopic (exact) mass is 397 g/mol. The normalized spacial score (nSPS) is 10.7. The lowest BCUT2D eigenvalue weighted by molar-refractivity contribution is -0.113. The largest absolute Gasteiger partial charge is 0.325 e. The van der Waals surface area contributed by atoms with Gasteiger partial charge in [0.15, 0.2) is 0 Å². The summed E-state index contributed by atoms with van der Waals surface area (Å²) in [5.74, 6) is 0.147. The predicted molar refractivity (Wildman–Crippen MR) is 112 cm³/mol. The van der Waals surface area contributed by atoms with Crippen molar-refractivity contribution in [3.8, 4) is 11.3 Å². The van der Waals surface area contributed by atoms with Crippen LogP contribution in [0.25, 0.3) is 11.3 Å². The zero-order chi connectivity index (χ0) is 19.4. The molecule has 1 N–H and O–H groups in total. The molecule has 0 spiro atoms. The van der Waals surface area contributed by atoms with Gasteiger partial charge in [-0.05, 0) is 67.8 Å². The van der Waals surface area contributed by atoms with Gasteiger partial charge in [-0.25, -0.2) is 0 Å². The molecule has 3 aromatic rings. The number of hydrogen-bond acceptors (Lipinski definition) is 4. The van der Waals surface area contributed by atoms with Crippen LogP contribution >= 0.6 is 23.4 Å². The Hall–Kier alpha value is -2.37. The number of aromatic nitrogens is 2. The molecule has 0 atom stereocenters. The van der Waals surface area contributed by atoms with Crippen molar-refractivity contribution in [2.45, 2.75) is 25.8 Å².